The number of amides is 1. The van der Waals surface area contributed by atoms with Gasteiger partial charge in [-0.05, 0) is 67.5 Å². The predicted molar refractivity (Wildman–Crippen MR) is 123 cm³/mol. The van der Waals surface area contributed by atoms with E-state index in [1.165, 1.54) is 10.4 Å². The van der Waals surface area contributed by atoms with Crippen molar-refractivity contribution in [3.8, 4) is 0 Å². The Kier molecular flexibility index (Phi) is 5.69. The maximum absolute atomic E-state index is 13.0. The molecule has 2 saturated heterocycles. The molecule has 0 N–H and O–H groups in total. The molecule has 1 amide bonds. The van der Waals surface area contributed by atoms with Crippen LogP contribution in [0.2, 0.25) is 5.02 Å². The number of hydrogen-bond acceptors (Lipinski definition) is 4. The zero-order valence-electron chi connectivity index (χ0n) is 17.7. The molecule has 1 aromatic carbocycles. The fourth-order valence-corrected chi connectivity index (χ4v) is 6.48. The lowest BCUT2D eigenvalue weighted by atomic mass is 9.90. The number of carbonyl (C=O) groups is 1. The van der Waals surface area contributed by atoms with Gasteiger partial charge in [0.25, 0.3) is 5.91 Å². The summed E-state index contributed by atoms with van der Waals surface area (Å²) in [6.45, 7) is 2.50. The molecule has 32 heavy (non-hydrogen) atoms. The van der Waals surface area contributed by atoms with Crippen LogP contribution in [0.25, 0.3) is 5.52 Å². The van der Waals surface area contributed by atoms with E-state index in [4.69, 9.17) is 11.6 Å². The summed E-state index contributed by atoms with van der Waals surface area (Å²) in [7, 11) is -3.56. The third kappa shape index (κ3) is 3.91. The fourth-order valence-electron chi connectivity index (χ4n) is 4.71. The topological polar surface area (TPSA) is 75.0 Å². The van der Waals surface area contributed by atoms with E-state index in [0.29, 0.717) is 23.7 Å². The van der Waals surface area contributed by atoms with Crippen molar-refractivity contribution in [3.63, 3.8) is 0 Å². The predicted octanol–water partition coefficient (Wildman–Crippen LogP) is 3.79. The van der Waals surface area contributed by atoms with Gasteiger partial charge in [-0.3, -0.25) is 4.79 Å². The number of sulfonamides is 1. The number of aromatic nitrogens is 2. The fraction of sp³-hybridized carbons (Fsp3) is 0.391. The number of likely N-dealkylation sites (tertiary alicyclic amines) is 1. The Hall–Kier alpha value is -2.42. The smallest absolute Gasteiger partial charge is 0.257 e. The summed E-state index contributed by atoms with van der Waals surface area (Å²) in [4.78, 5) is 15.0. The number of fused-ring (bicyclic) bond motifs is 1. The van der Waals surface area contributed by atoms with E-state index in [1.807, 2.05) is 23.2 Å². The number of halogens is 1. The van der Waals surface area contributed by atoms with Crippen molar-refractivity contribution in [2.24, 2.45) is 0 Å². The van der Waals surface area contributed by atoms with Crippen molar-refractivity contribution in [1.29, 1.82) is 0 Å². The minimum absolute atomic E-state index is 0.0390. The molecule has 0 aliphatic carbocycles. The van der Waals surface area contributed by atoms with E-state index in [2.05, 4.69) is 5.10 Å². The Morgan fingerprint density at radius 2 is 1.78 bits per heavy atom. The normalized spacial score (nSPS) is 18.5. The molecule has 7 nitrogen and oxygen atoms in total. The molecule has 168 valence electrons. The molecule has 5 rings (SSSR count). The van der Waals surface area contributed by atoms with Gasteiger partial charge < -0.3 is 4.90 Å². The van der Waals surface area contributed by atoms with Crippen LogP contribution in [0.15, 0.2) is 53.7 Å². The Morgan fingerprint density at radius 3 is 2.50 bits per heavy atom. The first kappa shape index (κ1) is 21.4. The van der Waals surface area contributed by atoms with Crippen LogP contribution in [-0.4, -0.2) is 59.3 Å². The molecule has 0 unspecified atom stereocenters. The number of hydrogen-bond donors (Lipinski definition) is 0. The van der Waals surface area contributed by atoms with Crippen molar-refractivity contribution in [1.82, 2.24) is 18.8 Å². The van der Waals surface area contributed by atoms with Gasteiger partial charge in [0, 0.05) is 37.4 Å². The maximum Gasteiger partial charge on any atom is 0.257 e. The third-order valence-corrected chi connectivity index (χ3v) is 8.66. The molecule has 2 fully saturated rings. The van der Waals surface area contributed by atoms with Crippen LogP contribution in [0.5, 0.6) is 0 Å². The van der Waals surface area contributed by atoms with E-state index in [9.17, 15) is 13.2 Å². The third-order valence-electron chi connectivity index (χ3n) is 6.53. The Morgan fingerprint density at radius 1 is 1.03 bits per heavy atom. The molecule has 3 aromatic rings. The van der Waals surface area contributed by atoms with Crippen molar-refractivity contribution in [3.05, 3.63) is 64.9 Å². The molecule has 9 heteroatoms. The van der Waals surface area contributed by atoms with Crippen molar-refractivity contribution < 1.29 is 13.2 Å². The van der Waals surface area contributed by atoms with Gasteiger partial charge in [-0.1, -0.05) is 17.7 Å². The second kappa shape index (κ2) is 8.50. The summed E-state index contributed by atoms with van der Waals surface area (Å²) in [6.07, 6.45) is 7.08. The van der Waals surface area contributed by atoms with Gasteiger partial charge in [-0.2, -0.15) is 9.40 Å². The molecule has 0 bridgehead atoms. The molecule has 2 aromatic heterocycles. The van der Waals surface area contributed by atoms with Gasteiger partial charge in [0.1, 0.15) is 0 Å². The quantitative estimate of drug-likeness (QED) is 0.579. The highest BCUT2D eigenvalue weighted by molar-refractivity contribution is 7.89. The minimum atomic E-state index is -3.56. The largest absolute Gasteiger partial charge is 0.339 e. The van der Waals surface area contributed by atoms with Crippen LogP contribution in [0.1, 0.15) is 47.5 Å². The number of carbonyl (C=O) groups excluding carboxylic acids is 1. The van der Waals surface area contributed by atoms with E-state index >= 15 is 0 Å². The van der Waals surface area contributed by atoms with E-state index in [-0.39, 0.29) is 16.7 Å². The van der Waals surface area contributed by atoms with E-state index in [0.717, 1.165) is 49.9 Å². The number of pyridine rings is 1. The first-order valence-electron chi connectivity index (χ1n) is 11.0. The monoisotopic (exact) mass is 472 g/mol. The summed E-state index contributed by atoms with van der Waals surface area (Å²) in [5, 5.41) is 4.76. The molecular weight excluding hydrogens is 448 g/mol. The summed E-state index contributed by atoms with van der Waals surface area (Å²) >= 11 is 5.99. The SMILES string of the molecule is O=C(c1cnn2ccc(C3CCN(S(=O)(=O)c4cccc(Cl)c4)CC3)cc12)N1CCCC1. The highest BCUT2D eigenvalue weighted by atomic mass is 35.5. The molecular formula is C23H25ClN4O3S. The summed E-state index contributed by atoms with van der Waals surface area (Å²) in [6, 6.07) is 10.5. The van der Waals surface area contributed by atoms with Crippen molar-refractivity contribution in [2.45, 2.75) is 36.5 Å². The Bertz CT molecular complexity index is 1260. The highest BCUT2D eigenvalue weighted by Gasteiger charge is 2.30. The zero-order valence-corrected chi connectivity index (χ0v) is 19.2. The lowest BCUT2D eigenvalue weighted by molar-refractivity contribution is 0.0794. The first-order valence-corrected chi connectivity index (χ1v) is 12.8. The first-order chi connectivity index (χ1) is 15.4. The molecule has 0 spiro atoms. The molecule has 0 saturated carbocycles. The van der Waals surface area contributed by atoms with Gasteiger partial charge >= 0.3 is 0 Å². The van der Waals surface area contributed by atoms with Crippen LogP contribution < -0.4 is 0 Å². The van der Waals surface area contributed by atoms with E-state index < -0.39 is 10.0 Å². The number of piperidine rings is 1. The van der Waals surface area contributed by atoms with Crippen LogP contribution in [0, 0.1) is 0 Å². The number of nitrogens with zero attached hydrogens (tertiary/aromatic N) is 4. The van der Waals surface area contributed by atoms with Crippen molar-refractivity contribution >= 4 is 33.0 Å². The average Bonchev–Trinajstić information content (AvgIpc) is 3.49. The standard InChI is InChI=1S/C23H25ClN4O3S/c24-19-4-3-5-20(15-19)32(30,31)27-11-6-17(7-12-27)18-8-13-28-22(14-18)21(16-25-28)23(29)26-9-1-2-10-26/h3-5,8,13-17H,1-2,6-7,9-12H2. The molecule has 4 heterocycles. The summed E-state index contributed by atoms with van der Waals surface area (Å²) < 4.78 is 29.2. The van der Waals surface area contributed by atoms with Gasteiger partial charge in [-0.25, -0.2) is 12.9 Å². The van der Waals surface area contributed by atoms with Crippen LogP contribution >= 0.6 is 11.6 Å². The number of rotatable bonds is 4. The lowest BCUT2D eigenvalue weighted by Gasteiger charge is -2.31. The highest BCUT2D eigenvalue weighted by Crippen LogP contribution is 2.32. The molecule has 2 aliphatic heterocycles. The maximum atomic E-state index is 13.0. The molecule has 2 aliphatic rings. The second-order valence-electron chi connectivity index (χ2n) is 8.48. The van der Waals surface area contributed by atoms with Crippen LogP contribution in [0.3, 0.4) is 0 Å². The van der Waals surface area contributed by atoms with Gasteiger partial charge in [-0.15, -0.1) is 0 Å². The molecule has 0 radical (unpaired) electrons. The average molecular weight is 473 g/mol. The lowest BCUT2D eigenvalue weighted by Crippen LogP contribution is -2.37. The number of benzene rings is 1. The summed E-state index contributed by atoms with van der Waals surface area (Å²) in [5.74, 6) is 0.271. The van der Waals surface area contributed by atoms with Gasteiger partial charge in [0.05, 0.1) is 22.2 Å². The Balaban J connectivity index is 1.34. The van der Waals surface area contributed by atoms with E-state index in [1.54, 1.807) is 28.9 Å². The minimum Gasteiger partial charge on any atom is -0.339 e. The molecule has 0 atom stereocenters. The van der Waals surface area contributed by atoms with Crippen LogP contribution in [-0.2, 0) is 10.0 Å². The summed E-state index contributed by atoms with van der Waals surface area (Å²) in [5.41, 5.74) is 2.57. The van der Waals surface area contributed by atoms with Crippen LogP contribution in [0.4, 0.5) is 0 Å². The van der Waals surface area contributed by atoms with Crippen molar-refractivity contribution in [2.75, 3.05) is 26.2 Å². The van der Waals surface area contributed by atoms with Gasteiger partial charge in [0.15, 0.2) is 0 Å². The second-order valence-corrected chi connectivity index (χ2v) is 10.9. The van der Waals surface area contributed by atoms with Gasteiger partial charge in [0.2, 0.25) is 10.0 Å². The Labute approximate surface area is 192 Å². The zero-order chi connectivity index (χ0) is 22.3.